The first kappa shape index (κ1) is 13.8. The van der Waals surface area contributed by atoms with Crippen LogP contribution in [0.5, 0.6) is 0 Å². The Bertz CT molecular complexity index is 574. The molecule has 0 aliphatic carbocycles. The zero-order chi connectivity index (χ0) is 14.5. The minimum absolute atomic E-state index is 0.102. The van der Waals surface area contributed by atoms with Gasteiger partial charge < -0.3 is 15.6 Å². The SMILES string of the molecule is O=C(Nc1ccccc1)C1(Cc2cnc[nH]2)CCNCC1. The number of piperidine rings is 1. The van der Waals surface area contributed by atoms with Crippen LogP contribution in [0, 0.1) is 5.41 Å². The number of rotatable bonds is 4. The Morgan fingerprint density at radius 1 is 1.24 bits per heavy atom. The second-order valence-electron chi connectivity index (χ2n) is 5.60. The molecular formula is C16H20N4O. The van der Waals surface area contributed by atoms with Gasteiger partial charge >= 0.3 is 0 Å². The van der Waals surface area contributed by atoms with Gasteiger partial charge in [-0.2, -0.15) is 0 Å². The van der Waals surface area contributed by atoms with Crippen molar-refractivity contribution in [2.75, 3.05) is 18.4 Å². The molecule has 0 spiro atoms. The van der Waals surface area contributed by atoms with Gasteiger partial charge in [0.25, 0.3) is 0 Å². The molecule has 2 aromatic rings. The summed E-state index contributed by atoms with van der Waals surface area (Å²) in [5.74, 6) is 0.102. The Morgan fingerprint density at radius 2 is 2.00 bits per heavy atom. The fourth-order valence-corrected chi connectivity index (χ4v) is 2.92. The van der Waals surface area contributed by atoms with Crippen molar-refractivity contribution in [1.29, 1.82) is 0 Å². The monoisotopic (exact) mass is 284 g/mol. The molecule has 5 heteroatoms. The molecule has 3 N–H and O–H groups in total. The molecule has 2 heterocycles. The third-order valence-corrected chi connectivity index (χ3v) is 4.16. The first-order valence-corrected chi connectivity index (χ1v) is 7.33. The van der Waals surface area contributed by atoms with E-state index < -0.39 is 0 Å². The number of carbonyl (C=O) groups is 1. The smallest absolute Gasteiger partial charge is 0.231 e. The zero-order valence-electron chi connectivity index (χ0n) is 11.9. The van der Waals surface area contributed by atoms with E-state index in [0.29, 0.717) is 6.42 Å². The van der Waals surface area contributed by atoms with Crippen molar-refractivity contribution in [2.24, 2.45) is 5.41 Å². The Morgan fingerprint density at radius 3 is 2.67 bits per heavy atom. The summed E-state index contributed by atoms with van der Waals surface area (Å²) in [6, 6.07) is 9.64. The maximum atomic E-state index is 12.8. The lowest BCUT2D eigenvalue weighted by Crippen LogP contribution is -2.46. The van der Waals surface area contributed by atoms with Crippen LogP contribution >= 0.6 is 0 Å². The van der Waals surface area contributed by atoms with Crippen LogP contribution in [-0.2, 0) is 11.2 Å². The number of carbonyl (C=O) groups excluding carboxylic acids is 1. The van der Waals surface area contributed by atoms with Gasteiger partial charge in [0.15, 0.2) is 0 Å². The average Bonchev–Trinajstić information content (AvgIpc) is 3.02. The van der Waals surface area contributed by atoms with Crippen LogP contribution < -0.4 is 10.6 Å². The highest BCUT2D eigenvalue weighted by Crippen LogP contribution is 2.34. The van der Waals surface area contributed by atoms with Gasteiger partial charge in [-0.05, 0) is 38.1 Å². The van der Waals surface area contributed by atoms with Crippen molar-refractivity contribution in [3.05, 3.63) is 48.5 Å². The molecule has 21 heavy (non-hydrogen) atoms. The van der Waals surface area contributed by atoms with Gasteiger partial charge in [-0.15, -0.1) is 0 Å². The quantitative estimate of drug-likeness (QED) is 0.804. The summed E-state index contributed by atoms with van der Waals surface area (Å²) < 4.78 is 0. The van der Waals surface area contributed by atoms with Crippen molar-refractivity contribution in [2.45, 2.75) is 19.3 Å². The molecule has 1 aromatic carbocycles. The van der Waals surface area contributed by atoms with E-state index in [0.717, 1.165) is 37.3 Å². The van der Waals surface area contributed by atoms with Gasteiger partial charge in [-0.25, -0.2) is 4.98 Å². The largest absolute Gasteiger partial charge is 0.348 e. The minimum atomic E-state index is -0.367. The van der Waals surface area contributed by atoms with Crippen molar-refractivity contribution in [3.63, 3.8) is 0 Å². The maximum absolute atomic E-state index is 12.8. The maximum Gasteiger partial charge on any atom is 0.231 e. The van der Waals surface area contributed by atoms with E-state index in [9.17, 15) is 4.79 Å². The lowest BCUT2D eigenvalue weighted by Gasteiger charge is -2.36. The van der Waals surface area contributed by atoms with Crippen LogP contribution in [0.1, 0.15) is 18.5 Å². The number of aromatic nitrogens is 2. The molecule has 0 radical (unpaired) electrons. The first-order valence-electron chi connectivity index (χ1n) is 7.33. The summed E-state index contributed by atoms with van der Waals surface area (Å²) >= 11 is 0. The average molecular weight is 284 g/mol. The Kier molecular flexibility index (Phi) is 4.01. The predicted molar refractivity (Wildman–Crippen MR) is 81.9 cm³/mol. The number of anilines is 1. The number of nitrogens with zero attached hydrogens (tertiary/aromatic N) is 1. The number of nitrogens with one attached hydrogen (secondary N) is 3. The Labute approximate surface area is 124 Å². The Hall–Kier alpha value is -2.14. The van der Waals surface area contributed by atoms with E-state index in [4.69, 9.17) is 0 Å². The van der Waals surface area contributed by atoms with Crippen molar-refractivity contribution >= 4 is 11.6 Å². The van der Waals surface area contributed by atoms with E-state index in [1.54, 1.807) is 12.5 Å². The van der Waals surface area contributed by atoms with Gasteiger partial charge in [-0.1, -0.05) is 18.2 Å². The van der Waals surface area contributed by atoms with E-state index in [-0.39, 0.29) is 11.3 Å². The number of benzene rings is 1. The van der Waals surface area contributed by atoms with Gasteiger partial charge in [-0.3, -0.25) is 4.79 Å². The predicted octanol–water partition coefficient (Wildman–Crippen LogP) is 1.96. The molecule has 0 unspecified atom stereocenters. The summed E-state index contributed by atoms with van der Waals surface area (Å²) in [4.78, 5) is 20.0. The van der Waals surface area contributed by atoms with Crippen LogP contribution in [-0.4, -0.2) is 29.0 Å². The molecule has 0 atom stereocenters. The van der Waals surface area contributed by atoms with Crippen LogP contribution in [0.4, 0.5) is 5.69 Å². The molecular weight excluding hydrogens is 264 g/mol. The lowest BCUT2D eigenvalue weighted by atomic mass is 9.74. The number of hydrogen-bond acceptors (Lipinski definition) is 3. The fourth-order valence-electron chi connectivity index (χ4n) is 2.92. The second kappa shape index (κ2) is 6.10. The molecule has 0 saturated carbocycles. The normalized spacial score (nSPS) is 17.3. The molecule has 0 bridgehead atoms. The summed E-state index contributed by atoms with van der Waals surface area (Å²) in [7, 11) is 0. The molecule has 1 aliphatic heterocycles. The number of H-pyrrole nitrogens is 1. The zero-order valence-corrected chi connectivity index (χ0v) is 11.9. The van der Waals surface area contributed by atoms with Crippen LogP contribution in [0.3, 0.4) is 0 Å². The van der Waals surface area contributed by atoms with E-state index in [2.05, 4.69) is 20.6 Å². The summed E-state index contributed by atoms with van der Waals surface area (Å²) in [6.45, 7) is 1.74. The first-order chi connectivity index (χ1) is 10.3. The Balaban J connectivity index is 1.79. The minimum Gasteiger partial charge on any atom is -0.348 e. The number of para-hydroxylation sites is 1. The summed E-state index contributed by atoms with van der Waals surface area (Å²) in [6.07, 6.45) is 5.85. The van der Waals surface area contributed by atoms with Gasteiger partial charge in [0.1, 0.15) is 0 Å². The van der Waals surface area contributed by atoms with E-state index >= 15 is 0 Å². The third-order valence-electron chi connectivity index (χ3n) is 4.16. The standard InChI is InChI=1S/C16H20N4O/c21-15(20-13-4-2-1-3-5-13)16(6-8-17-9-7-16)10-14-11-18-12-19-14/h1-5,11-12,17H,6-10H2,(H,18,19)(H,20,21). The highest BCUT2D eigenvalue weighted by Gasteiger charge is 2.40. The number of imidazole rings is 1. The summed E-state index contributed by atoms with van der Waals surface area (Å²) in [5.41, 5.74) is 1.50. The number of aromatic amines is 1. The third kappa shape index (κ3) is 3.13. The van der Waals surface area contributed by atoms with Gasteiger partial charge in [0.2, 0.25) is 5.91 Å². The molecule has 1 amide bonds. The topological polar surface area (TPSA) is 69.8 Å². The van der Waals surface area contributed by atoms with Crippen molar-refractivity contribution in [3.8, 4) is 0 Å². The second-order valence-corrected chi connectivity index (χ2v) is 5.60. The molecule has 3 rings (SSSR count). The van der Waals surface area contributed by atoms with E-state index in [1.807, 2.05) is 30.3 Å². The number of hydrogen-bond donors (Lipinski definition) is 3. The number of amides is 1. The fraction of sp³-hybridized carbons (Fsp3) is 0.375. The van der Waals surface area contributed by atoms with Crippen molar-refractivity contribution < 1.29 is 4.79 Å². The molecule has 1 aliphatic rings. The molecule has 110 valence electrons. The highest BCUT2D eigenvalue weighted by atomic mass is 16.2. The molecule has 1 fully saturated rings. The van der Waals surface area contributed by atoms with Crippen molar-refractivity contribution in [1.82, 2.24) is 15.3 Å². The van der Waals surface area contributed by atoms with E-state index in [1.165, 1.54) is 0 Å². The van der Waals surface area contributed by atoms with Gasteiger partial charge in [0, 0.05) is 24.0 Å². The van der Waals surface area contributed by atoms with Crippen LogP contribution in [0.15, 0.2) is 42.9 Å². The van der Waals surface area contributed by atoms with Gasteiger partial charge in [0.05, 0.1) is 11.7 Å². The molecule has 1 saturated heterocycles. The highest BCUT2D eigenvalue weighted by molar-refractivity contribution is 5.95. The summed E-state index contributed by atoms with van der Waals surface area (Å²) in [5, 5.41) is 6.40. The van der Waals surface area contributed by atoms with Crippen LogP contribution in [0.2, 0.25) is 0 Å². The van der Waals surface area contributed by atoms with Crippen LogP contribution in [0.25, 0.3) is 0 Å². The molecule has 1 aromatic heterocycles. The molecule has 5 nitrogen and oxygen atoms in total. The lowest BCUT2D eigenvalue weighted by molar-refractivity contribution is -0.127.